The molecule has 0 heterocycles. The first kappa shape index (κ1) is 14.0. The molecule has 0 fully saturated rings. The minimum atomic E-state index is -1.58. The number of carboxylic acid groups (broad SMARTS) is 1. The number of hydrogen-bond acceptors (Lipinski definition) is 4. The molecule has 18 heavy (non-hydrogen) atoms. The number of Topliss-reactive ketones (excluding diaryl/α,β-unsaturated/α-hetero) is 1. The number of carboxylic acids is 1. The number of phenols is 1. The van der Waals surface area contributed by atoms with E-state index in [1.54, 1.807) is 0 Å². The Labute approximate surface area is 105 Å². The quantitative estimate of drug-likeness (QED) is 0.634. The van der Waals surface area contributed by atoms with Gasteiger partial charge in [-0.1, -0.05) is 20.8 Å². The lowest BCUT2D eigenvalue weighted by Gasteiger charge is -2.21. The summed E-state index contributed by atoms with van der Waals surface area (Å²) >= 11 is 0. The van der Waals surface area contributed by atoms with Gasteiger partial charge in [0.15, 0.2) is 11.5 Å². The molecular formula is C13H16O5. The number of phenolic OH excluding ortho intramolecular Hbond substituents is 1. The standard InChI is InChI=1S/C13H16O5/c1-13(2,3)7-5-8(10(15)12(16)17)11(18-4)9(14)6-7/h5-6,14H,1-4H3,(H,16,17). The first-order chi connectivity index (χ1) is 8.18. The van der Waals surface area contributed by atoms with Crippen LogP contribution >= 0.6 is 0 Å². The monoisotopic (exact) mass is 252 g/mol. The molecule has 0 aliphatic rings. The summed E-state index contributed by atoms with van der Waals surface area (Å²) in [6, 6.07) is 2.91. The van der Waals surface area contributed by atoms with Crippen molar-refractivity contribution in [2.24, 2.45) is 0 Å². The van der Waals surface area contributed by atoms with Crippen LogP contribution in [-0.2, 0) is 10.2 Å². The van der Waals surface area contributed by atoms with E-state index in [1.165, 1.54) is 19.2 Å². The van der Waals surface area contributed by atoms with Crippen LogP contribution in [0.2, 0.25) is 0 Å². The highest BCUT2D eigenvalue weighted by Gasteiger charge is 2.25. The van der Waals surface area contributed by atoms with Crippen molar-refractivity contribution in [1.82, 2.24) is 0 Å². The van der Waals surface area contributed by atoms with E-state index in [-0.39, 0.29) is 22.5 Å². The number of methoxy groups -OCH3 is 1. The Balaban J connectivity index is 3.52. The van der Waals surface area contributed by atoms with Crippen LogP contribution < -0.4 is 4.74 Å². The third kappa shape index (κ3) is 2.61. The lowest BCUT2D eigenvalue weighted by atomic mass is 9.85. The van der Waals surface area contributed by atoms with E-state index < -0.39 is 11.8 Å². The number of benzene rings is 1. The molecule has 5 heteroatoms. The maximum Gasteiger partial charge on any atom is 0.377 e. The van der Waals surface area contributed by atoms with Crippen molar-refractivity contribution in [3.8, 4) is 11.5 Å². The normalized spacial score (nSPS) is 11.1. The predicted molar refractivity (Wildman–Crippen MR) is 65.3 cm³/mol. The van der Waals surface area contributed by atoms with Gasteiger partial charge in [-0.05, 0) is 23.1 Å². The highest BCUT2D eigenvalue weighted by Crippen LogP contribution is 2.36. The van der Waals surface area contributed by atoms with Gasteiger partial charge in [0.25, 0.3) is 5.78 Å². The lowest BCUT2D eigenvalue weighted by molar-refractivity contribution is -0.131. The van der Waals surface area contributed by atoms with Crippen LogP contribution in [0.1, 0.15) is 36.7 Å². The molecule has 1 aromatic rings. The van der Waals surface area contributed by atoms with Crippen LogP contribution in [0, 0.1) is 0 Å². The van der Waals surface area contributed by atoms with Crippen molar-refractivity contribution in [3.63, 3.8) is 0 Å². The van der Waals surface area contributed by atoms with Gasteiger partial charge >= 0.3 is 5.97 Å². The number of ketones is 1. The average molecular weight is 252 g/mol. The third-order valence-corrected chi connectivity index (χ3v) is 2.58. The van der Waals surface area contributed by atoms with E-state index in [4.69, 9.17) is 9.84 Å². The number of ether oxygens (including phenoxy) is 1. The van der Waals surface area contributed by atoms with Gasteiger partial charge in [-0.2, -0.15) is 0 Å². The number of carbonyl (C=O) groups excluding carboxylic acids is 1. The molecule has 0 saturated heterocycles. The summed E-state index contributed by atoms with van der Waals surface area (Å²) in [6.07, 6.45) is 0. The fraction of sp³-hybridized carbons (Fsp3) is 0.385. The van der Waals surface area contributed by atoms with E-state index in [0.717, 1.165) is 0 Å². The molecular weight excluding hydrogens is 236 g/mol. The zero-order valence-electron chi connectivity index (χ0n) is 10.8. The highest BCUT2D eigenvalue weighted by atomic mass is 16.5. The topological polar surface area (TPSA) is 83.8 Å². The molecule has 0 radical (unpaired) electrons. The molecule has 0 bridgehead atoms. The predicted octanol–water partition coefficient (Wildman–Crippen LogP) is 1.97. The minimum Gasteiger partial charge on any atom is -0.504 e. The van der Waals surface area contributed by atoms with Gasteiger partial charge in [-0.15, -0.1) is 0 Å². The summed E-state index contributed by atoms with van der Waals surface area (Å²) < 4.78 is 4.88. The zero-order valence-corrected chi connectivity index (χ0v) is 10.8. The van der Waals surface area contributed by atoms with Gasteiger partial charge in [0.1, 0.15) is 0 Å². The molecule has 0 unspecified atom stereocenters. The molecule has 0 saturated carbocycles. The van der Waals surface area contributed by atoms with E-state index in [9.17, 15) is 14.7 Å². The molecule has 0 amide bonds. The number of aromatic hydroxyl groups is 1. The maximum absolute atomic E-state index is 11.6. The molecule has 0 aromatic heterocycles. The van der Waals surface area contributed by atoms with Gasteiger partial charge in [0.05, 0.1) is 12.7 Å². The number of carbonyl (C=O) groups is 2. The molecule has 1 aromatic carbocycles. The minimum absolute atomic E-state index is 0.115. The van der Waals surface area contributed by atoms with Gasteiger partial charge in [0.2, 0.25) is 0 Å². The SMILES string of the molecule is COc1c(O)cc(C(C)(C)C)cc1C(=O)C(=O)O. The van der Waals surface area contributed by atoms with Crippen LogP contribution in [0.25, 0.3) is 0 Å². The summed E-state index contributed by atoms with van der Waals surface area (Å²) in [6.45, 7) is 5.68. The van der Waals surface area contributed by atoms with Crippen molar-refractivity contribution in [2.45, 2.75) is 26.2 Å². The zero-order chi connectivity index (χ0) is 14.1. The van der Waals surface area contributed by atoms with Crippen LogP contribution in [0.3, 0.4) is 0 Å². The smallest absolute Gasteiger partial charge is 0.377 e. The Morgan fingerprint density at radius 2 is 1.78 bits per heavy atom. The molecule has 0 spiro atoms. The van der Waals surface area contributed by atoms with Crippen LogP contribution in [0.5, 0.6) is 11.5 Å². The van der Waals surface area contributed by atoms with Crippen molar-refractivity contribution in [2.75, 3.05) is 7.11 Å². The summed E-state index contributed by atoms with van der Waals surface area (Å²) in [7, 11) is 1.27. The second kappa shape index (κ2) is 4.68. The Kier molecular flexibility index (Phi) is 3.65. The average Bonchev–Trinajstić information content (AvgIpc) is 2.25. The van der Waals surface area contributed by atoms with Crippen LogP contribution in [0.4, 0.5) is 0 Å². The van der Waals surface area contributed by atoms with E-state index in [2.05, 4.69) is 0 Å². The first-order valence-corrected chi connectivity index (χ1v) is 5.37. The molecule has 0 atom stereocenters. The fourth-order valence-corrected chi connectivity index (χ4v) is 1.54. The second-order valence-corrected chi connectivity index (χ2v) is 4.96. The van der Waals surface area contributed by atoms with Crippen molar-refractivity contribution in [3.05, 3.63) is 23.3 Å². The largest absolute Gasteiger partial charge is 0.504 e. The Bertz CT molecular complexity index is 497. The summed E-state index contributed by atoms with van der Waals surface area (Å²) in [5, 5.41) is 18.5. The fourth-order valence-electron chi connectivity index (χ4n) is 1.54. The summed E-state index contributed by atoms with van der Waals surface area (Å²) in [4.78, 5) is 22.3. The first-order valence-electron chi connectivity index (χ1n) is 5.37. The maximum atomic E-state index is 11.6. The number of rotatable bonds is 3. The van der Waals surface area contributed by atoms with E-state index in [0.29, 0.717) is 5.56 Å². The molecule has 1 rings (SSSR count). The van der Waals surface area contributed by atoms with Gasteiger partial charge in [-0.25, -0.2) is 4.79 Å². The third-order valence-electron chi connectivity index (χ3n) is 2.58. The number of aliphatic carboxylic acids is 1. The van der Waals surface area contributed by atoms with Gasteiger partial charge in [0, 0.05) is 0 Å². The van der Waals surface area contributed by atoms with Crippen molar-refractivity contribution in [1.29, 1.82) is 0 Å². The van der Waals surface area contributed by atoms with E-state index in [1.807, 2.05) is 20.8 Å². The van der Waals surface area contributed by atoms with Crippen molar-refractivity contribution >= 4 is 11.8 Å². The van der Waals surface area contributed by atoms with Crippen molar-refractivity contribution < 1.29 is 24.5 Å². The van der Waals surface area contributed by atoms with Gasteiger partial charge < -0.3 is 14.9 Å². The van der Waals surface area contributed by atoms with Crippen LogP contribution in [0.15, 0.2) is 12.1 Å². The van der Waals surface area contributed by atoms with Gasteiger partial charge in [-0.3, -0.25) is 4.79 Å². The highest BCUT2D eigenvalue weighted by molar-refractivity contribution is 6.40. The molecule has 2 N–H and O–H groups in total. The molecule has 5 nitrogen and oxygen atoms in total. The number of hydrogen-bond donors (Lipinski definition) is 2. The second-order valence-electron chi connectivity index (χ2n) is 4.96. The molecule has 98 valence electrons. The summed E-state index contributed by atoms with van der Waals surface area (Å²) in [5.74, 6) is -3.04. The lowest BCUT2D eigenvalue weighted by Crippen LogP contribution is -2.17. The Hall–Kier alpha value is -2.04. The summed E-state index contributed by atoms with van der Waals surface area (Å²) in [5.41, 5.74) is 0.192. The molecule has 0 aliphatic heterocycles. The van der Waals surface area contributed by atoms with E-state index >= 15 is 0 Å². The molecule has 0 aliphatic carbocycles. The van der Waals surface area contributed by atoms with Crippen LogP contribution in [-0.4, -0.2) is 29.1 Å². The Morgan fingerprint density at radius 1 is 1.22 bits per heavy atom. The Morgan fingerprint density at radius 3 is 2.17 bits per heavy atom.